The van der Waals surface area contributed by atoms with Crippen molar-refractivity contribution in [2.24, 2.45) is 11.0 Å². The van der Waals surface area contributed by atoms with Gasteiger partial charge in [-0.3, -0.25) is 9.48 Å². The SMILES string of the molecule is O=C(CC1CCNCC1)N/N=C/c1ccn(CC(F)(F)F)n1. The highest BCUT2D eigenvalue weighted by atomic mass is 19.4. The van der Waals surface area contributed by atoms with Crippen LogP contribution in [0.3, 0.4) is 0 Å². The van der Waals surface area contributed by atoms with E-state index >= 15 is 0 Å². The first kappa shape index (κ1) is 16.5. The van der Waals surface area contributed by atoms with Gasteiger partial charge in [0, 0.05) is 12.6 Å². The maximum Gasteiger partial charge on any atom is 0.408 e. The molecule has 122 valence electrons. The number of aromatic nitrogens is 2. The van der Waals surface area contributed by atoms with Gasteiger partial charge in [-0.05, 0) is 37.9 Å². The summed E-state index contributed by atoms with van der Waals surface area (Å²) < 4.78 is 37.3. The summed E-state index contributed by atoms with van der Waals surface area (Å²) in [6.45, 7) is 0.679. The van der Waals surface area contributed by atoms with Crippen molar-refractivity contribution in [2.45, 2.75) is 32.0 Å². The molecule has 1 amide bonds. The van der Waals surface area contributed by atoms with Crippen LogP contribution < -0.4 is 10.7 Å². The van der Waals surface area contributed by atoms with Crippen LogP contribution in [0.25, 0.3) is 0 Å². The number of alkyl halides is 3. The summed E-state index contributed by atoms with van der Waals surface area (Å²) in [7, 11) is 0. The van der Waals surface area contributed by atoms with E-state index in [1.807, 2.05) is 0 Å². The van der Waals surface area contributed by atoms with Gasteiger partial charge in [-0.2, -0.15) is 23.4 Å². The average Bonchev–Trinajstić information content (AvgIpc) is 2.85. The molecule has 2 rings (SSSR count). The summed E-state index contributed by atoms with van der Waals surface area (Å²) >= 11 is 0. The third-order valence-electron chi connectivity index (χ3n) is 3.32. The van der Waals surface area contributed by atoms with Crippen LogP contribution in [0.1, 0.15) is 25.0 Å². The minimum absolute atomic E-state index is 0.196. The molecule has 6 nitrogen and oxygen atoms in total. The Morgan fingerprint density at radius 2 is 2.23 bits per heavy atom. The monoisotopic (exact) mass is 317 g/mol. The molecule has 1 aliphatic heterocycles. The molecular formula is C13H18F3N5O. The highest BCUT2D eigenvalue weighted by Crippen LogP contribution is 2.17. The number of hydrazone groups is 1. The van der Waals surface area contributed by atoms with E-state index in [1.165, 1.54) is 18.5 Å². The van der Waals surface area contributed by atoms with Gasteiger partial charge >= 0.3 is 6.18 Å². The number of nitrogens with one attached hydrogen (secondary N) is 2. The lowest BCUT2D eigenvalue weighted by atomic mass is 9.94. The van der Waals surface area contributed by atoms with E-state index in [1.54, 1.807) is 0 Å². The number of halogens is 3. The Bertz CT molecular complexity index is 520. The van der Waals surface area contributed by atoms with Crippen LogP contribution in [0.4, 0.5) is 13.2 Å². The van der Waals surface area contributed by atoms with Gasteiger partial charge in [0.2, 0.25) is 5.91 Å². The summed E-state index contributed by atoms with van der Waals surface area (Å²) in [6, 6.07) is 1.40. The Hall–Kier alpha value is -1.90. The summed E-state index contributed by atoms with van der Waals surface area (Å²) in [5, 5.41) is 10.6. The van der Waals surface area contributed by atoms with E-state index in [-0.39, 0.29) is 11.6 Å². The van der Waals surface area contributed by atoms with Gasteiger partial charge in [0.1, 0.15) is 12.2 Å². The van der Waals surface area contributed by atoms with Crippen molar-refractivity contribution in [1.82, 2.24) is 20.5 Å². The molecule has 9 heteroatoms. The predicted molar refractivity (Wildman–Crippen MR) is 74.2 cm³/mol. The highest BCUT2D eigenvalue weighted by molar-refractivity contribution is 5.80. The number of rotatable bonds is 5. The van der Waals surface area contributed by atoms with Crippen LogP contribution >= 0.6 is 0 Å². The largest absolute Gasteiger partial charge is 0.408 e. The van der Waals surface area contributed by atoms with E-state index in [9.17, 15) is 18.0 Å². The topological polar surface area (TPSA) is 71.3 Å². The molecule has 0 aromatic carbocycles. The van der Waals surface area contributed by atoms with Crippen LogP contribution in [0, 0.1) is 5.92 Å². The third-order valence-corrected chi connectivity index (χ3v) is 3.32. The zero-order valence-corrected chi connectivity index (χ0v) is 11.9. The fourth-order valence-electron chi connectivity index (χ4n) is 2.28. The summed E-state index contributed by atoms with van der Waals surface area (Å²) in [5.74, 6) is 0.153. The van der Waals surface area contributed by atoms with Crippen LogP contribution in [-0.4, -0.2) is 41.2 Å². The molecule has 0 atom stereocenters. The van der Waals surface area contributed by atoms with Gasteiger partial charge in [-0.15, -0.1) is 0 Å². The highest BCUT2D eigenvalue weighted by Gasteiger charge is 2.28. The van der Waals surface area contributed by atoms with E-state index in [4.69, 9.17) is 0 Å². The molecule has 1 aliphatic rings. The summed E-state index contributed by atoms with van der Waals surface area (Å²) in [4.78, 5) is 11.7. The van der Waals surface area contributed by atoms with Crippen LogP contribution in [-0.2, 0) is 11.3 Å². The summed E-state index contributed by atoms with van der Waals surface area (Å²) in [5.41, 5.74) is 2.63. The molecule has 1 saturated heterocycles. The first-order valence-corrected chi connectivity index (χ1v) is 7.05. The number of nitrogens with zero attached hydrogens (tertiary/aromatic N) is 3. The molecule has 1 aromatic rings. The van der Waals surface area contributed by atoms with Gasteiger partial charge in [-0.25, -0.2) is 5.43 Å². The normalized spacial score (nSPS) is 17.0. The summed E-state index contributed by atoms with van der Waals surface area (Å²) in [6.07, 6.45) is 0.446. The van der Waals surface area contributed by atoms with Crippen LogP contribution in [0.2, 0.25) is 0 Å². The van der Waals surface area contributed by atoms with Gasteiger partial charge in [0.05, 0.1) is 6.21 Å². The molecule has 0 bridgehead atoms. The number of amides is 1. The number of hydrogen-bond acceptors (Lipinski definition) is 4. The molecule has 2 N–H and O–H groups in total. The molecule has 1 aromatic heterocycles. The second kappa shape index (κ2) is 7.39. The molecular weight excluding hydrogens is 299 g/mol. The number of piperidine rings is 1. The molecule has 0 spiro atoms. The first-order chi connectivity index (χ1) is 10.4. The second-order valence-corrected chi connectivity index (χ2v) is 5.24. The Labute approximate surface area is 125 Å². The first-order valence-electron chi connectivity index (χ1n) is 7.05. The zero-order chi connectivity index (χ0) is 16.0. The zero-order valence-electron chi connectivity index (χ0n) is 11.9. The van der Waals surface area contributed by atoms with Crippen molar-refractivity contribution in [3.05, 3.63) is 18.0 Å². The van der Waals surface area contributed by atoms with Crippen molar-refractivity contribution in [1.29, 1.82) is 0 Å². The van der Waals surface area contributed by atoms with Gasteiger partial charge in [0.15, 0.2) is 0 Å². The van der Waals surface area contributed by atoms with Crippen molar-refractivity contribution in [2.75, 3.05) is 13.1 Å². The molecule has 0 aliphatic carbocycles. The van der Waals surface area contributed by atoms with Crippen LogP contribution in [0.15, 0.2) is 17.4 Å². The van der Waals surface area contributed by atoms with Gasteiger partial charge < -0.3 is 5.32 Å². The number of carbonyl (C=O) groups is 1. The maximum atomic E-state index is 12.2. The fraction of sp³-hybridized carbons (Fsp3) is 0.615. The number of carbonyl (C=O) groups excluding carboxylic acids is 1. The smallest absolute Gasteiger partial charge is 0.317 e. The molecule has 0 unspecified atom stereocenters. The number of hydrogen-bond donors (Lipinski definition) is 2. The fourth-order valence-corrected chi connectivity index (χ4v) is 2.28. The second-order valence-electron chi connectivity index (χ2n) is 5.24. The molecule has 0 saturated carbocycles. The third kappa shape index (κ3) is 5.84. The quantitative estimate of drug-likeness (QED) is 0.635. The van der Waals surface area contributed by atoms with E-state index in [0.717, 1.165) is 30.6 Å². The lowest BCUT2D eigenvalue weighted by Gasteiger charge is -2.21. The lowest BCUT2D eigenvalue weighted by molar-refractivity contribution is -0.142. The molecule has 1 fully saturated rings. The minimum atomic E-state index is -4.32. The Balaban J connectivity index is 1.76. The standard InChI is InChI=1S/C13H18F3N5O/c14-13(15,16)9-21-6-3-11(20-21)8-18-19-12(22)7-10-1-4-17-5-2-10/h3,6,8,10,17H,1-2,4-5,7,9H2,(H,19,22)/b18-8+. The predicted octanol–water partition coefficient (Wildman–Crippen LogP) is 1.29. The Kier molecular flexibility index (Phi) is 5.53. The molecule has 22 heavy (non-hydrogen) atoms. The Morgan fingerprint density at radius 3 is 2.91 bits per heavy atom. The minimum Gasteiger partial charge on any atom is -0.317 e. The van der Waals surface area contributed by atoms with E-state index in [2.05, 4.69) is 20.9 Å². The Morgan fingerprint density at radius 1 is 1.50 bits per heavy atom. The molecule has 0 radical (unpaired) electrons. The van der Waals surface area contributed by atoms with E-state index in [0.29, 0.717) is 12.3 Å². The van der Waals surface area contributed by atoms with Crippen molar-refractivity contribution in [3.63, 3.8) is 0 Å². The molecule has 2 heterocycles. The lowest BCUT2D eigenvalue weighted by Crippen LogP contribution is -2.31. The van der Waals surface area contributed by atoms with Gasteiger partial charge in [0.25, 0.3) is 0 Å². The van der Waals surface area contributed by atoms with Crippen molar-refractivity contribution >= 4 is 12.1 Å². The van der Waals surface area contributed by atoms with E-state index < -0.39 is 12.7 Å². The maximum absolute atomic E-state index is 12.2. The average molecular weight is 317 g/mol. The van der Waals surface area contributed by atoms with Gasteiger partial charge in [-0.1, -0.05) is 0 Å². The van der Waals surface area contributed by atoms with Crippen molar-refractivity contribution < 1.29 is 18.0 Å². The van der Waals surface area contributed by atoms with Crippen molar-refractivity contribution in [3.8, 4) is 0 Å². The van der Waals surface area contributed by atoms with Crippen LogP contribution in [0.5, 0.6) is 0 Å².